The third-order valence-corrected chi connectivity index (χ3v) is 5.34. The Morgan fingerprint density at radius 3 is 2.50 bits per heavy atom. The minimum atomic E-state index is -0.0444. The van der Waals surface area contributed by atoms with E-state index in [-0.39, 0.29) is 18.2 Å². The van der Waals surface area contributed by atoms with Crippen molar-refractivity contribution >= 4 is 11.8 Å². The maximum atomic E-state index is 12.5. The van der Waals surface area contributed by atoms with Gasteiger partial charge in [0.2, 0.25) is 17.6 Å². The predicted octanol–water partition coefficient (Wildman–Crippen LogP) is 3.23. The van der Waals surface area contributed by atoms with E-state index in [1.54, 1.807) is 31.2 Å². The number of aromatic nitrogens is 2. The highest BCUT2D eigenvalue weighted by Gasteiger charge is 2.23. The van der Waals surface area contributed by atoms with Gasteiger partial charge in [-0.25, -0.2) is 0 Å². The number of rotatable bonds is 9. The third-order valence-electron chi connectivity index (χ3n) is 5.34. The minimum Gasteiger partial charge on any atom is -0.497 e. The zero-order chi connectivity index (χ0) is 22.5. The fraction of sp³-hybridized carbons (Fsp3) is 0.333. The Balaban J connectivity index is 1.26. The first kappa shape index (κ1) is 21.5. The van der Waals surface area contributed by atoms with Gasteiger partial charge in [-0.05, 0) is 54.8 Å². The van der Waals surface area contributed by atoms with Crippen molar-refractivity contribution in [3.05, 3.63) is 65.5 Å². The fourth-order valence-corrected chi connectivity index (χ4v) is 3.24. The first-order chi connectivity index (χ1) is 15.5. The average molecular weight is 434 g/mol. The molecule has 1 aliphatic rings. The third kappa shape index (κ3) is 5.51. The number of hydrogen-bond acceptors (Lipinski definition) is 6. The van der Waals surface area contributed by atoms with E-state index in [9.17, 15) is 9.59 Å². The van der Waals surface area contributed by atoms with Crippen molar-refractivity contribution in [2.45, 2.75) is 38.3 Å². The van der Waals surface area contributed by atoms with E-state index in [1.807, 2.05) is 36.4 Å². The largest absolute Gasteiger partial charge is 0.497 e. The lowest BCUT2D eigenvalue weighted by Crippen LogP contribution is -2.27. The van der Waals surface area contributed by atoms with Crippen LogP contribution in [0, 0.1) is 0 Å². The minimum absolute atomic E-state index is 0.0234. The van der Waals surface area contributed by atoms with Crippen LogP contribution in [0.2, 0.25) is 0 Å². The Kier molecular flexibility index (Phi) is 6.49. The molecule has 0 spiro atoms. The molecule has 1 aromatic heterocycles. The molecule has 1 fully saturated rings. The molecule has 2 aromatic carbocycles. The smallest absolute Gasteiger partial charge is 0.251 e. The van der Waals surface area contributed by atoms with E-state index in [0.29, 0.717) is 36.3 Å². The lowest BCUT2D eigenvalue weighted by molar-refractivity contribution is -0.130. The molecule has 0 radical (unpaired) electrons. The highest BCUT2D eigenvalue weighted by molar-refractivity contribution is 5.94. The summed E-state index contributed by atoms with van der Waals surface area (Å²) in [6.45, 7) is 0.463. The molecule has 0 bridgehead atoms. The molecule has 8 nitrogen and oxygen atoms in total. The van der Waals surface area contributed by atoms with Crippen molar-refractivity contribution in [1.29, 1.82) is 0 Å². The number of nitrogens with one attached hydrogen (secondary N) is 1. The molecule has 1 saturated carbocycles. The first-order valence-corrected chi connectivity index (χ1v) is 10.6. The Labute approximate surface area is 186 Å². The molecule has 4 rings (SSSR count). The summed E-state index contributed by atoms with van der Waals surface area (Å²) in [4.78, 5) is 30.6. The number of carbonyl (C=O) groups is 2. The molecule has 8 heteroatoms. The Morgan fingerprint density at radius 2 is 1.84 bits per heavy atom. The number of aryl methyl sites for hydroxylation is 1. The summed E-state index contributed by atoms with van der Waals surface area (Å²) in [6, 6.07) is 15.0. The van der Waals surface area contributed by atoms with Gasteiger partial charge in [-0.15, -0.1) is 0 Å². The van der Waals surface area contributed by atoms with Crippen LogP contribution in [0.1, 0.15) is 41.1 Å². The zero-order valence-corrected chi connectivity index (χ0v) is 18.2. The van der Waals surface area contributed by atoms with Crippen molar-refractivity contribution < 1.29 is 18.8 Å². The van der Waals surface area contributed by atoms with E-state index in [0.717, 1.165) is 29.7 Å². The summed E-state index contributed by atoms with van der Waals surface area (Å²) in [5.41, 5.74) is 2.42. The number of hydrogen-bond donors (Lipinski definition) is 1. The molecular weight excluding hydrogens is 408 g/mol. The molecule has 3 aromatic rings. The lowest BCUT2D eigenvalue weighted by atomic mass is 10.1. The van der Waals surface area contributed by atoms with E-state index >= 15 is 0 Å². The normalized spacial score (nSPS) is 12.9. The standard InChI is InChI=1S/C24H26N4O4/c1-28(15-16-3-5-18(6-4-16)24(30)25-19-9-10-19)22(29)14-13-21-26-23(27-32-21)17-7-11-20(31-2)12-8-17/h3-8,11-12,19H,9-10,13-15H2,1-2H3,(H,25,30). The van der Waals surface area contributed by atoms with Crippen LogP contribution in [0.4, 0.5) is 0 Å². The van der Waals surface area contributed by atoms with Crippen LogP contribution in [0.25, 0.3) is 11.4 Å². The van der Waals surface area contributed by atoms with Crippen molar-refractivity contribution in [2.75, 3.05) is 14.2 Å². The van der Waals surface area contributed by atoms with Gasteiger partial charge in [0.25, 0.3) is 5.91 Å². The number of methoxy groups -OCH3 is 1. The Bertz CT molecular complexity index is 1070. The molecule has 0 unspecified atom stereocenters. The van der Waals surface area contributed by atoms with E-state index in [1.165, 1.54) is 0 Å². The van der Waals surface area contributed by atoms with E-state index in [2.05, 4.69) is 15.5 Å². The summed E-state index contributed by atoms with van der Waals surface area (Å²) in [7, 11) is 3.37. The average Bonchev–Trinajstić information content (AvgIpc) is 3.51. The van der Waals surface area contributed by atoms with Gasteiger partial charge >= 0.3 is 0 Å². The Morgan fingerprint density at radius 1 is 1.12 bits per heavy atom. The van der Waals surface area contributed by atoms with E-state index < -0.39 is 0 Å². The van der Waals surface area contributed by atoms with Crippen LogP contribution >= 0.6 is 0 Å². The molecule has 1 aliphatic carbocycles. The van der Waals surface area contributed by atoms with Crippen molar-refractivity contribution in [1.82, 2.24) is 20.4 Å². The van der Waals surface area contributed by atoms with Gasteiger partial charge in [-0.3, -0.25) is 9.59 Å². The molecule has 2 amide bonds. The molecule has 1 heterocycles. The predicted molar refractivity (Wildman–Crippen MR) is 118 cm³/mol. The summed E-state index contributed by atoms with van der Waals surface area (Å²) in [6.07, 6.45) is 2.75. The zero-order valence-electron chi connectivity index (χ0n) is 18.2. The molecule has 0 atom stereocenters. The van der Waals surface area contributed by atoms with Crippen LogP contribution in [0.15, 0.2) is 53.1 Å². The number of amides is 2. The summed E-state index contributed by atoms with van der Waals surface area (Å²) < 4.78 is 10.4. The summed E-state index contributed by atoms with van der Waals surface area (Å²) in [5.74, 6) is 1.59. The SMILES string of the molecule is COc1ccc(-c2noc(CCC(=O)N(C)Cc3ccc(C(=O)NC4CC4)cc3)n2)cc1. The van der Waals surface area contributed by atoms with Gasteiger partial charge in [0, 0.05) is 43.6 Å². The van der Waals surface area contributed by atoms with Crippen LogP contribution in [-0.4, -0.2) is 47.1 Å². The number of benzene rings is 2. The molecule has 1 N–H and O–H groups in total. The van der Waals surface area contributed by atoms with Gasteiger partial charge < -0.3 is 19.5 Å². The molecule has 166 valence electrons. The molecular formula is C24H26N4O4. The number of ether oxygens (including phenoxy) is 1. The second kappa shape index (κ2) is 9.64. The first-order valence-electron chi connectivity index (χ1n) is 10.6. The van der Waals surface area contributed by atoms with Crippen molar-refractivity contribution in [3.63, 3.8) is 0 Å². The van der Waals surface area contributed by atoms with Crippen LogP contribution in [0.5, 0.6) is 5.75 Å². The number of carbonyl (C=O) groups excluding carboxylic acids is 2. The maximum Gasteiger partial charge on any atom is 0.251 e. The topological polar surface area (TPSA) is 97.6 Å². The lowest BCUT2D eigenvalue weighted by Gasteiger charge is -2.17. The second-order valence-electron chi connectivity index (χ2n) is 7.93. The van der Waals surface area contributed by atoms with Gasteiger partial charge in [0.1, 0.15) is 5.75 Å². The maximum absolute atomic E-state index is 12.5. The van der Waals surface area contributed by atoms with Gasteiger partial charge in [-0.1, -0.05) is 17.3 Å². The quantitative estimate of drug-likeness (QED) is 0.555. The van der Waals surface area contributed by atoms with Gasteiger partial charge in [0.15, 0.2) is 0 Å². The second-order valence-corrected chi connectivity index (χ2v) is 7.93. The summed E-state index contributed by atoms with van der Waals surface area (Å²) in [5, 5.41) is 6.96. The van der Waals surface area contributed by atoms with Crippen molar-refractivity contribution in [3.8, 4) is 17.1 Å². The van der Waals surface area contributed by atoms with Crippen molar-refractivity contribution in [2.24, 2.45) is 0 Å². The Hall–Kier alpha value is -3.68. The molecule has 0 aliphatic heterocycles. The van der Waals surface area contributed by atoms with Crippen LogP contribution in [-0.2, 0) is 17.8 Å². The monoisotopic (exact) mass is 434 g/mol. The van der Waals surface area contributed by atoms with E-state index in [4.69, 9.17) is 9.26 Å². The number of nitrogens with zero attached hydrogens (tertiary/aromatic N) is 3. The van der Waals surface area contributed by atoms with Crippen LogP contribution in [0.3, 0.4) is 0 Å². The fourth-order valence-electron chi connectivity index (χ4n) is 3.24. The van der Waals surface area contributed by atoms with Crippen LogP contribution < -0.4 is 10.1 Å². The van der Waals surface area contributed by atoms with Gasteiger partial charge in [-0.2, -0.15) is 4.98 Å². The highest BCUT2D eigenvalue weighted by Crippen LogP contribution is 2.21. The molecule has 32 heavy (non-hydrogen) atoms. The summed E-state index contributed by atoms with van der Waals surface area (Å²) >= 11 is 0. The van der Waals surface area contributed by atoms with Gasteiger partial charge in [0.05, 0.1) is 7.11 Å². The molecule has 0 saturated heterocycles. The highest BCUT2D eigenvalue weighted by atomic mass is 16.5.